The molecule has 19 heavy (non-hydrogen) atoms. The third kappa shape index (κ3) is 3.79. The minimum Gasteiger partial charge on any atom is -0.368 e. The first kappa shape index (κ1) is 13.5. The van der Waals surface area contributed by atoms with Crippen molar-refractivity contribution in [1.82, 2.24) is 10.6 Å². The number of carbonyl (C=O) groups is 2. The fourth-order valence-electron chi connectivity index (χ4n) is 2.25. The number of nitrogens with two attached hydrogens (primary N) is 1. The predicted octanol–water partition coefficient (Wildman–Crippen LogP) is -0.0488. The molecule has 1 aliphatic rings. The number of benzene rings is 1. The Hall–Kier alpha value is -1.88. The van der Waals surface area contributed by atoms with Gasteiger partial charge >= 0.3 is 0 Å². The van der Waals surface area contributed by atoms with E-state index in [0.717, 1.165) is 24.9 Å². The Kier molecular flexibility index (Phi) is 4.52. The zero-order valence-electron chi connectivity index (χ0n) is 10.8. The van der Waals surface area contributed by atoms with Gasteiger partial charge in [-0.2, -0.15) is 0 Å². The van der Waals surface area contributed by atoms with Crippen LogP contribution in [0.2, 0.25) is 0 Å². The first-order valence-electron chi connectivity index (χ1n) is 6.54. The van der Waals surface area contributed by atoms with Crippen molar-refractivity contribution in [1.29, 1.82) is 0 Å². The maximum absolute atomic E-state index is 12.0. The lowest BCUT2D eigenvalue weighted by atomic mass is 10.0. The van der Waals surface area contributed by atoms with Crippen LogP contribution in [0.1, 0.15) is 18.4 Å². The molecule has 4 N–H and O–H groups in total. The summed E-state index contributed by atoms with van der Waals surface area (Å²) in [6.07, 6.45) is 2.22. The standard InChI is InChI=1S/C14H19N3O2/c15-13(18)12(9-10-5-2-1-3-6-10)17-14(19)11-7-4-8-16-11/h1-3,5-6,11-12,16H,4,7-9H2,(H2,15,18)(H,17,19)/t11-,12+/m0/s1. The second-order valence-corrected chi connectivity index (χ2v) is 4.80. The molecule has 0 aliphatic carbocycles. The molecule has 102 valence electrons. The molecule has 1 heterocycles. The van der Waals surface area contributed by atoms with Gasteiger partial charge in [-0.05, 0) is 24.9 Å². The lowest BCUT2D eigenvalue weighted by Crippen LogP contribution is -2.51. The van der Waals surface area contributed by atoms with Crippen molar-refractivity contribution in [2.45, 2.75) is 31.3 Å². The van der Waals surface area contributed by atoms with Crippen LogP contribution >= 0.6 is 0 Å². The molecule has 0 bridgehead atoms. The molecule has 0 saturated carbocycles. The van der Waals surface area contributed by atoms with Gasteiger partial charge < -0.3 is 16.4 Å². The highest BCUT2D eigenvalue weighted by Crippen LogP contribution is 2.07. The van der Waals surface area contributed by atoms with Crippen molar-refractivity contribution in [2.75, 3.05) is 6.54 Å². The Morgan fingerprint density at radius 3 is 2.68 bits per heavy atom. The Morgan fingerprint density at radius 2 is 2.11 bits per heavy atom. The average molecular weight is 261 g/mol. The van der Waals surface area contributed by atoms with Crippen molar-refractivity contribution in [3.05, 3.63) is 35.9 Å². The molecule has 0 aromatic heterocycles. The van der Waals surface area contributed by atoms with Crippen LogP contribution in [0.15, 0.2) is 30.3 Å². The van der Waals surface area contributed by atoms with Crippen molar-refractivity contribution < 1.29 is 9.59 Å². The van der Waals surface area contributed by atoms with Crippen molar-refractivity contribution in [2.24, 2.45) is 5.73 Å². The summed E-state index contributed by atoms with van der Waals surface area (Å²) in [5, 5.41) is 5.83. The van der Waals surface area contributed by atoms with E-state index in [1.54, 1.807) is 0 Å². The summed E-state index contributed by atoms with van der Waals surface area (Å²) in [5.41, 5.74) is 6.34. The van der Waals surface area contributed by atoms with Crippen LogP contribution in [0.25, 0.3) is 0 Å². The van der Waals surface area contributed by atoms with Gasteiger partial charge in [0.15, 0.2) is 0 Å². The van der Waals surface area contributed by atoms with Gasteiger partial charge in [0.05, 0.1) is 6.04 Å². The van der Waals surface area contributed by atoms with E-state index in [9.17, 15) is 9.59 Å². The number of hydrogen-bond donors (Lipinski definition) is 3. The summed E-state index contributed by atoms with van der Waals surface area (Å²) in [4.78, 5) is 23.4. The molecule has 0 spiro atoms. The zero-order valence-corrected chi connectivity index (χ0v) is 10.8. The molecule has 1 saturated heterocycles. The van der Waals surface area contributed by atoms with Gasteiger partial charge in [-0.25, -0.2) is 0 Å². The van der Waals surface area contributed by atoms with E-state index in [1.165, 1.54) is 0 Å². The highest BCUT2D eigenvalue weighted by Gasteiger charge is 2.26. The summed E-state index contributed by atoms with van der Waals surface area (Å²) < 4.78 is 0. The minimum atomic E-state index is -0.655. The van der Waals surface area contributed by atoms with E-state index in [2.05, 4.69) is 10.6 Å². The van der Waals surface area contributed by atoms with Gasteiger partial charge in [-0.1, -0.05) is 30.3 Å². The van der Waals surface area contributed by atoms with E-state index in [1.807, 2.05) is 30.3 Å². The average Bonchev–Trinajstić information content (AvgIpc) is 2.93. The highest BCUT2D eigenvalue weighted by molar-refractivity contribution is 5.89. The summed E-state index contributed by atoms with van der Waals surface area (Å²) in [7, 11) is 0. The second-order valence-electron chi connectivity index (χ2n) is 4.80. The summed E-state index contributed by atoms with van der Waals surface area (Å²) in [6.45, 7) is 0.845. The van der Waals surface area contributed by atoms with Gasteiger partial charge in [-0.15, -0.1) is 0 Å². The number of rotatable bonds is 5. The molecule has 0 unspecified atom stereocenters. The maximum atomic E-state index is 12.0. The first-order chi connectivity index (χ1) is 9.16. The van der Waals surface area contributed by atoms with E-state index in [0.29, 0.717) is 6.42 Å². The molecule has 1 aromatic carbocycles. The zero-order chi connectivity index (χ0) is 13.7. The largest absolute Gasteiger partial charge is 0.368 e. The van der Waals surface area contributed by atoms with Crippen LogP contribution < -0.4 is 16.4 Å². The van der Waals surface area contributed by atoms with E-state index >= 15 is 0 Å². The highest BCUT2D eigenvalue weighted by atomic mass is 16.2. The van der Waals surface area contributed by atoms with Crippen LogP contribution in [-0.4, -0.2) is 30.4 Å². The normalized spacial score (nSPS) is 19.9. The summed E-state index contributed by atoms with van der Waals surface area (Å²) >= 11 is 0. The van der Waals surface area contributed by atoms with E-state index < -0.39 is 11.9 Å². The third-order valence-corrected chi connectivity index (χ3v) is 3.32. The lowest BCUT2D eigenvalue weighted by Gasteiger charge is -2.18. The van der Waals surface area contributed by atoms with E-state index in [-0.39, 0.29) is 11.9 Å². The molecule has 5 heteroatoms. The first-order valence-corrected chi connectivity index (χ1v) is 6.54. The summed E-state index contributed by atoms with van der Waals surface area (Å²) in [6, 6.07) is 8.67. The second kappa shape index (κ2) is 6.33. The quantitative estimate of drug-likeness (QED) is 0.695. The Bertz CT molecular complexity index is 441. The molecule has 1 aromatic rings. The number of carbonyl (C=O) groups excluding carboxylic acids is 2. The molecule has 0 radical (unpaired) electrons. The van der Waals surface area contributed by atoms with Crippen molar-refractivity contribution in [3.63, 3.8) is 0 Å². The van der Waals surface area contributed by atoms with Crippen LogP contribution in [0.3, 0.4) is 0 Å². The molecule has 2 amide bonds. The molecule has 1 aliphatic heterocycles. The third-order valence-electron chi connectivity index (χ3n) is 3.32. The van der Waals surface area contributed by atoms with Crippen LogP contribution in [0, 0.1) is 0 Å². The van der Waals surface area contributed by atoms with Crippen LogP contribution in [0.4, 0.5) is 0 Å². The molecule has 2 atom stereocenters. The SMILES string of the molecule is NC(=O)[C@@H](Cc1ccccc1)NC(=O)[C@@H]1CCCN1. The van der Waals surface area contributed by atoms with Gasteiger partial charge in [-0.3, -0.25) is 9.59 Å². The number of primary amides is 1. The Morgan fingerprint density at radius 1 is 1.37 bits per heavy atom. The van der Waals surface area contributed by atoms with Crippen LogP contribution in [0.5, 0.6) is 0 Å². The smallest absolute Gasteiger partial charge is 0.240 e. The van der Waals surface area contributed by atoms with Crippen molar-refractivity contribution >= 4 is 11.8 Å². The fraction of sp³-hybridized carbons (Fsp3) is 0.429. The number of nitrogens with one attached hydrogen (secondary N) is 2. The predicted molar refractivity (Wildman–Crippen MR) is 72.3 cm³/mol. The fourth-order valence-corrected chi connectivity index (χ4v) is 2.25. The molecular weight excluding hydrogens is 242 g/mol. The number of hydrogen-bond acceptors (Lipinski definition) is 3. The van der Waals surface area contributed by atoms with E-state index in [4.69, 9.17) is 5.73 Å². The van der Waals surface area contributed by atoms with Crippen molar-refractivity contribution in [3.8, 4) is 0 Å². The van der Waals surface area contributed by atoms with Gasteiger partial charge in [0, 0.05) is 6.42 Å². The Balaban J connectivity index is 1.96. The molecule has 2 rings (SSSR count). The monoisotopic (exact) mass is 261 g/mol. The van der Waals surface area contributed by atoms with Crippen LogP contribution in [-0.2, 0) is 16.0 Å². The van der Waals surface area contributed by atoms with Gasteiger partial charge in [0.1, 0.15) is 6.04 Å². The number of amides is 2. The molecule has 1 fully saturated rings. The minimum absolute atomic E-state index is 0.141. The lowest BCUT2D eigenvalue weighted by molar-refractivity contribution is -0.128. The Labute approximate surface area is 112 Å². The van der Waals surface area contributed by atoms with Gasteiger partial charge in [0.2, 0.25) is 11.8 Å². The topological polar surface area (TPSA) is 84.2 Å². The molecular formula is C14H19N3O2. The maximum Gasteiger partial charge on any atom is 0.240 e. The molecule has 5 nitrogen and oxygen atoms in total. The van der Waals surface area contributed by atoms with Gasteiger partial charge in [0.25, 0.3) is 0 Å². The summed E-state index contributed by atoms with van der Waals surface area (Å²) in [5.74, 6) is -0.646.